The van der Waals surface area contributed by atoms with Gasteiger partial charge >= 0.3 is 0 Å². The van der Waals surface area contributed by atoms with E-state index in [0.717, 1.165) is 16.7 Å². The van der Waals surface area contributed by atoms with Crippen molar-refractivity contribution in [2.24, 2.45) is 4.99 Å². The molecule has 0 aromatic heterocycles. The van der Waals surface area contributed by atoms with Gasteiger partial charge in [0.1, 0.15) is 11.9 Å². The van der Waals surface area contributed by atoms with E-state index >= 15 is 0 Å². The molecule has 1 amide bonds. The Morgan fingerprint density at radius 2 is 1.87 bits per heavy atom. The first-order chi connectivity index (χ1) is 18.4. The van der Waals surface area contributed by atoms with E-state index in [1.807, 2.05) is 79.7 Å². The van der Waals surface area contributed by atoms with Crippen molar-refractivity contribution in [1.82, 2.24) is 5.32 Å². The van der Waals surface area contributed by atoms with Crippen LogP contribution in [0.5, 0.6) is 5.75 Å². The number of aliphatic imine (C=N–C) groups is 1. The van der Waals surface area contributed by atoms with E-state index in [4.69, 9.17) is 42.8 Å². The van der Waals surface area contributed by atoms with Gasteiger partial charge in [0, 0.05) is 31.6 Å². The fourth-order valence-electron chi connectivity index (χ4n) is 4.11. The summed E-state index contributed by atoms with van der Waals surface area (Å²) in [6.07, 6.45) is 4.34. The molecule has 198 valence electrons. The second-order valence-corrected chi connectivity index (χ2v) is 9.81. The minimum absolute atomic E-state index is 0.0779. The molecule has 0 spiro atoms. The van der Waals surface area contributed by atoms with Crippen LogP contribution in [0.25, 0.3) is 6.08 Å². The molecule has 38 heavy (non-hydrogen) atoms. The number of hydrogen-bond acceptors (Lipinski definition) is 5. The molecule has 0 bridgehead atoms. The van der Waals surface area contributed by atoms with Gasteiger partial charge in [0.2, 0.25) is 5.90 Å². The molecule has 0 radical (unpaired) electrons. The number of hydrogen-bond donors (Lipinski definition) is 2. The van der Waals surface area contributed by atoms with Crippen LogP contribution in [0.3, 0.4) is 0 Å². The second-order valence-electron chi connectivity index (χ2n) is 9.00. The number of ether oxygens (including phenoxy) is 2. The first-order valence-electron chi connectivity index (χ1n) is 12.5. The summed E-state index contributed by atoms with van der Waals surface area (Å²) in [4.78, 5) is 18.6. The third-order valence-electron chi connectivity index (χ3n) is 6.30. The number of nitrogens with zero attached hydrogens (tertiary/aromatic N) is 1. The van der Waals surface area contributed by atoms with E-state index < -0.39 is 11.6 Å². The Bertz CT molecular complexity index is 1300. The highest BCUT2D eigenvalue weighted by Crippen LogP contribution is 2.33. The van der Waals surface area contributed by atoms with E-state index in [2.05, 4.69) is 5.32 Å². The predicted octanol–water partition coefficient (Wildman–Crippen LogP) is 6.08. The zero-order chi connectivity index (χ0) is 27.0. The number of benzene rings is 3. The van der Waals surface area contributed by atoms with Crippen LogP contribution in [0.1, 0.15) is 36.5 Å². The average molecular weight is 553 g/mol. The summed E-state index contributed by atoms with van der Waals surface area (Å²) in [5.41, 5.74) is 1.45. The van der Waals surface area contributed by atoms with Gasteiger partial charge in [-0.25, -0.2) is 4.99 Å². The smallest absolute Gasteiger partial charge is 0.252 e. The monoisotopic (exact) mass is 552 g/mol. The first-order valence-corrected chi connectivity index (χ1v) is 13.2. The van der Waals surface area contributed by atoms with Crippen LogP contribution in [0.15, 0.2) is 83.9 Å². The normalized spacial score (nSPS) is 18.7. The van der Waals surface area contributed by atoms with E-state index in [1.165, 1.54) is 0 Å². The highest BCUT2D eigenvalue weighted by molar-refractivity contribution is 6.42. The van der Waals surface area contributed by atoms with Crippen molar-refractivity contribution >= 4 is 41.1 Å². The van der Waals surface area contributed by atoms with Crippen LogP contribution in [-0.4, -0.2) is 41.8 Å². The fraction of sp³-hybridized carbons (Fsp3) is 0.267. The number of aliphatic hydroxyl groups excluding tert-OH is 1. The van der Waals surface area contributed by atoms with Crippen molar-refractivity contribution in [2.75, 3.05) is 13.2 Å². The van der Waals surface area contributed by atoms with Crippen LogP contribution in [0, 0.1) is 0 Å². The Kier molecular flexibility index (Phi) is 9.45. The topological polar surface area (TPSA) is 80.2 Å². The zero-order valence-corrected chi connectivity index (χ0v) is 22.6. The molecule has 2 N–H and O–H groups in total. The lowest BCUT2D eigenvalue weighted by molar-refractivity contribution is -0.128. The molecule has 0 saturated heterocycles. The fourth-order valence-corrected chi connectivity index (χ4v) is 4.43. The maximum absolute atomic E-state index is 13.7. The third kappa shape index (κ3) is 6.76. The molecule has 1 aliphatic heterocycles. The van der Waals surface area contributed by atoms with Crippen molar-refractivity contribution in [3.63, 3.8) is 0 Å². The van der Waals surface area contributed by atoms with Gasteiger partial charge in [-0.2, -0.15) is 0 Å². The molecule has 0 fully saturated rings. The maximum Gasteiger partial charge on any atom is 0.252 e. The van der Waals surface area contributed by atoms with E-state index in [-0.39, 0.29) is 19.1 Å². The lowest BCUT2D eigenvalue weighted by Crippen LogP contribution is -2.50. The molecule has 0 saturated carbocycles. The summed E-state index contributed by atoms with van der Waals surface area (Å²) in [6, 6.07) is 22.5. The molecule has 8 heteroatoms. The summed E-state index contributed by atoms with van der Waals surface area (Å²) < 4.78 is 11.8. The predicted molar refractivity (Wildman–Crippen MR) is 152 cm³/mol. The highest BCUT2D eigenvalue weighted by atomic mass is 35.5. The third-order valence-corrected chi connectivity index (χ3v) is 7.04. The molecule has 3 aromatic rings. The van der Waals surface area contributed by atoms with Gasteiger partial charge < -0.3 is 19.9 Å². The highest BCUT2D eigenvalue weighted by Gasteiger charge is 2.49. The zero-order valence-electron chi connectivity index (χ0n) is 21.1. The van der Waals surface area contributed by atoms with Crippen LogP contribution >= 0.6 is 23.2 Å². The van der Waals surface area contributed by atoms with Gasteiger partial charge in [0.05, 0.1) is 16.7 Å². The maximum atomic E-state index is 13.7. The Labute approximate surface area is 232 Å². The number of carbonyl (C=O) groups excluding carboxylic acids is 1. The Morgan fingerprint density at radius 3 is 2.58 bits per heavy atom. The van der Waals surface area contributed by atoms with Gasteiger partial charge in [-0.05, 0) is 54.4 Å². The summed E-state index contributed by atoms with van der Waals surface area (Å²) in [5, 5.41) is 12.8. The van der Waals surface area contributed by atoms with Crippen molar-refractivity contribution in [1.29, 1.82) is 0 Å². The lowest BCUT2D eigenvalue weighted by Gasteiger charge is -2.27. The van der Waals surface area contributed by atoms with Crippen molar-refractivity contribution in [3.8, 4) is 5.75 Å². The largest absolute Gasteiger partial charge is 0.494 e. The van der Waals surface area contributed by atoms with E-state index in [1.54, 1.807) is 12.1 Å². The number of aliphatic hydroxyl groups is 1. The SMILES string of the molecule is C[C@H]1OC(c2ccc(OCCCO)cc2)=N[C@@]1(C/C=C/c1ccccc1)C(=O)NCc1ccc(Cl)c(Cl)c1. The number of nitrogens with one attached hydrogen (secondary N) is 1. The van der Waals surface area contributed by atoms with Crippen LogP contribution in [0.2, 0.25) is 10.0 Å². The Balaban J connectivity index is 1.57. The minimum atomic E-state index is -1.16. The van der Waals surface area contributed by atoms with Crippen molar-refractivity contribution < 1.29 is 19.4 Å². The van der Waals surface area contributed by atoms with Gasteiger partial charge in [0.25, 0.3) is 5.91 Å². The molecule has 3 aromatic carbocycles. The Hall–Kier alpha value is -3.32. The van der Waals surface area contributed by atoms with Gasteiger partial charge in [-0.15, -0.1) is 0 Å². The number of carbonyl (C=O) groups is 1. The molecule has 2 atom stereocenters. The van der Waals surface area contributed by atoms with Crippen molar-refractivity contribution in [3.05, 3.63) is 106 Å². The number of rotatable bonds is 11. The first kappa shape index (κ1) is 27.7. The van der Waals surface area contributed by atoms with Gasteiger partial charge in [-0.1, -0.05) is 71.8 Å². The summed E-state index contributed by atoms with van der Waals surface area (Å²) in [7, 11) is 0. The lowest BCUT2D eigenvalue weighted by atomic mass is 9.88. The molecule has 4 rings (SSSR count). The molecule has 0 unspecified atom stereocenters. The molecule has 0 aliphatic carbocycles. The van der Waals surface area contributed by atoms with Gasteiger partial charge in [0.15, 0.2) is 5.54 Å². The number of halogens is 2. The van der Waals surface area contributed by atoms with Gasteiger partial charge in [-0.3, -0.25) is 4.79 Å². The molecule has 6 nitrogen and oxygen atoms in total. The van der Waals surface area contributed by atoms with E-state index in [0.29, 0.717) is 41.1 Å². The second kappa shape index (κ2) is 13.0. The van der Waals surface area contributed by atoms with Crippen LogP contribution in [0.4, 0.5) is 0 Å². The summed E-state index contributed by atoms with van der Waals surface area (Å²) in [5.74, 6) is 0.843. The number of amides is 1. The molecular weight excluding hydrogens is 523 g/mol. The van der Waals surface area contributed by atoms with Crippen molar-refractivity contribution in [2.45, 2.75) is 38.0 Å². The Morgan fingerprint density at radius 1 is 1.11 bits per heavy atom. The van der Waals surface area contributed by atoms with Crippen LogP contribution in [-0.2, 0) is 16.1 Å². The average Bonchev–Trinajstić information content (AvgIpc) is 3.27. The molecule has 1 heterocycles. The quantitative estimate of drug-likeness (QED) is 0.282. The van der Waals surface area contributed by atoms with Crippen LogP contribution < -0.4 is 10.1 Å². The summed E-state index contributed by atoms with van der Waals surface area (Å²) >= 11 is 12.2. The van der Waals surface area contributed by atoms with E-state index in [9.17, 15) is 4.79 Å². The molecular formula is C30H30Cl2N2O4. The summed E-state index contributed by atoms with van der Waals surface area (Å²) in [6.45, 7) is 2.64. The minimum Gasteiger partial charge on any atom is -0.494 e. The molecule has 1 aliphatic rings. The standard InChI is InChI=1S/C30H30Cl2N2O4/c1-21-30(16-5-9-22-7-3-2-4-8-22,29(36)33-20-23-10-15-26(31)27(32)19-23)34-28(38-21)24-11-13-25(14-12-24)37-18-6-17-35/h2-5,7-15,19,21,35H,6,16-18,20H2,1H3,(H,33,36)/b9-5+/t21-,30-/m1/s1.